The largest absolute Gasteiger partial charge is 0.413 e. The summed E-state index contributed by atoms with van der Waals surface area (Å²) >= 11 is 0. The fourth-order valence-corrected chi connectivity index (χ4v) is 3.05. The van der Waals surface area contributed by atoms with Gasteiger partial charge in [0.2, 0.25) is 0 Å². The van der Waals surface area contributed by atoms with Crippen molar-refractivity contribution < 1.29 is 17.6 Å². The molecule has 2 atom stereocenters. The Morgan fingerprint density at radius 2 is 2.09 bits per heavy atom. The summed E-state index contributed by atoms with van der Waals surface area (Å²) in [5.41, 5.74) is 0. The SMILES string of the molecule is C[SiH]1CCCC(C(F)(F)F)O1. The average molecular weight is 184 g/mol. The highest BCUT2D eigenvalue weighted by Gasteiger charge is 2.42. The van der Waals surface area contributed by atoms with Crippen LogP contribution in [0.2, 0.25) is 12.6 Å². The van der Waals surface area contributed by atoms with Crippen molar-refractivity contribution >= 4 is 9.04 Å². The van der Waals surface area contributed by atoms with Crippen LogP contribution in [0.3, 0.4) is 0 Å². The fourth-order valence-electron chi connectivity index (χ4n) is 1.25. The molecule has 0 aromatic rings. The molecule has 0 aromatic heterocycles. The maximum absolute atomic E-state index is 12.0. The lowest BCUT2D eigenvalue weighted by molar-refractivity contribution is -0.200. The van der Waals surface area contributed by atoms with Crippen LogP contribution in [0.5, 0.6) is 0 Å². The fraction of sp³-hybridized carbons (Fsp3) is 1.00. The molecule has 0 N–H and O–H groups in total. The molecule has 1 nitrogen and oxygen atoms in total. The van der Waals surface area contributed by atoms with E-state index in [0.29, 0.717) is 6.42 Å². The molecule has 2 unspecified atom stereocenters. The summed E-state index contributed by atoms with van der Waals surface area (Å²) in [6.45, 7) is 1.82. The van der Waals surface area contributed by atoms with Crippen molar-refractivity contribution in [1.82, 2.24) is 0 Å². The molecule has 0 aromatic carbocycles. The summed E-state index contributed by atoms with van der Waals surface area (Å²) in [6.07, 6.45) is -4.77. The van der Waals surface area contributed by atoms with Gasteiger partial charge in [0.1, 0.15) is 6.10 Å². The Bertz CT molecular complexity index is 136. The Kier molecular flexibility index (Phi) is 2.59. The van der Waals surface area contributed by atoms with E-state index in [1.165, 1.54) is 0 Å². The Morgan fingerprint density at radius 3 is 2.45 bits per heavy atom. The van der Waals surface area contributed by atoms with Crippen molar-refractivity contribution in [2.45, 2.75) is 37.7 Å². The molecule has 0 radical (unpaired) electrons. The molecule has 1 saturated heterocycles. The minimum atomic E-state index is -4.14. The molecule has 1 aliphatic rings. The van der Waals surface area contributed by atoms with Gasteiger partial charge in [0.25, 0.3) is 0 Å². The lowest BCUT2D eigenvalue weighted by Crippen LogP contribution is -2.39. The minimum absolute atomic E-state index is 0.154. The van der Waals surface area contributed by atoms with Gasteiger partial charge in [-0.2, -0.15) is 13.2 Å². The van der Waals surface area contributed by atoms with Crippen LogP contribution in [0, 0.1) is 0 Å². The first kappa shape index (κ1) is 9.06. The van der Waals surface area contributed by atoms with Crippen LogP contribution >= 0.6 is 0 Å². The predicted octanol–water partition coefficient (Wildman–Crippen LogP) is 2.08. The van der Waals surface area contributed by atoms with Crippen LogP contribution in [-0.2, 0) is 4.43 Å². The van der Waals surface area contributed by atoms with E-state index < -0.39 is 21.3 Å². The molecule has 66 valence electrons. The van der Waals surface area contributed by atoms with Crippen LogP contribution in [0.15, 0.2) is 0 Å². The molecule has 1 rings (SSSR count). The van der Waals surface area contributed by atoms with E-state index in [4.69, 9.17) is 4.43 Å². The summed E-state index contributed by atoms with van der Waals surface area (Å²) < 4.78 is 40.9. The van der Waals surface area contributed by atoms with Gasteiger partial charge in [-0.3, -0.25) is 0 Å². The van der Waals surface area contributed by atoms with Crippen molar-refractivity contribution in [2.24, 2.45) is 0 Å². The van der Waals surface area contributed by atoms with Crippen molar-refractivity contribution in [1.29, 1.82) is 0 Å². The Balaban J connectivity index is 2.46. The average Bonchev–Trinajstić information content (AvgIpc) is 1.86. The Labute approximate surface area is 65.3 Å². The molecule has 1 aliphatic heterocycles. The van der Waals surface area contributed by atoms with Crippen LogP contribution in [0.4, 0.5) is 13.2 Å². The van der Waals surface area contributed by atoms with Crippen LogP contribution < -0.4 is 0 Å². The summed E-state index contributed by atoms with van der Waals surface area (Å²) in [6, 6.07) is 0.882. The summed E-state index contributed by atoms with van der Waals surface area (Å²) in [4.78, 5) is 0. The highest BCUT2D eigenvalue weighted by molar-refractivity contribution is 6.50. The molecule has 0 aliphatic carbocycles. The minimum Gasteiger partial charge on any atom is -0.409 e. The van der Waals surface area contributed by atoms with Crippen molar-refractivity contribution in [2.75, 3.05) is 0 Å². The van der Waals surface area contributed by atoms with Gasteiger partial charge >= 0.3 is 6.18 Å². The smallest absolute Gasteiger partial charge is 0.409 e. The molecule has 1 fully saturated rings. The van der Waals surface area contributed by atoms with E-state index in [1.807, 2.05) is 6.55 Å². The monoisotopic (exact) mass is 184 g/mol. The van der Waals surface area contributed by atoms with Crippen molar-refractivity contribution in [3.8, 4) is 0 Å². The van der Waals surface area contributed by atoms with E-state index >= 15 is 0 Å². The lowest BCUT2D eigenvalue weighted by atomic mass is 10.2. The normalized spacial score (nSPS) is 33.8. The number of hydrogen-bond acceptors (Lipinski definition) is 1. The van der Waals surface area contributed by atoms with Crippen molar-refractivity contribution in [3.63, 3.8) is 0 Å². The van der Waals surface area contributed by atoms with Crippen LogP contribution in [0.25, 0.3) is 0 Å². The zero-order chi connectivity index (χ0) is 8.48. The van der Waals surface area contributed by atoms with E-state index in [2.05, 4.69) is 0 Å². The Hall–Kier alpha value is -0.0331. The highest BCUT2D eigenvalue weighted by Crippen LogP contribution is 2.30. The predicted molar refractivity (Wildman–Crippen MR) is 38.0 cm³/mol. The Morgan fingerprint density at radius 1 is 1.45 bits per heavy atom. The molecule has 11 heavy (non-hydrogen) atoms. The van der Waals surface area contributed by atoms with E-state index in [9.17, 15) is 13.2 Å². The summed E-state index contributed by atoms with van der Waals surface area (Å²) in [5, 5.41) is 0. The molecule has 0 amide bonds. The van der Waals surface area contributed by atoms with E-state index in [1.54, 1.807) is 0 Å². The van der Waals surface area contributed by atoms with Gasteiger partial charge in [0, 0.05) is 0 Å². The molecular weight excluding hydrogens is 173 g/mol. The first-order valence-electron chi connectivity index (χ1n) is 3.72. The standard InChI is InChI=1S/C6H11F3OSi/c1-11-4-2-3-5(10-11)6(7,8)9/h5,11H,2-4H2,1H3. The topological polar surface area (TPSA) is 9.23 Å². The van der Waals surface area contributed by atoms with Crippen LogP contribution in [0.1, 0.15) is 12.8 Å². The van der Waals surface area contributed by atoms with Gasteiger partial charge in [0.05, 0.1) is 0 Å². The lowest BCUT2D eigenvalue weighted by Gasteiger charge is -2.28. The number of alkyl halides is 3. The third kappa shape index (κ3) is 2.48. The highest BCUT2D eigenvalue weighted by atomic mass is 28.3. The summed E-state index contributed by atoms with van der Waals surface area (Å²) in [7, 11) is -1.47. The van der Waals surface area contributed by atoms with Crippen molar-refractivity contribution in [3.05, 3.63) is 0 Å². The van der Waals surface area contributed by atoms with E-state index in [0.717, 1.165) is 6.04 Å². The maximum atomic E-state index is 12.0. The number of hydrogen-bond donors (Lipinski definition) is 0. The third-order valence-electron chi connectivity index (χ3n) is 1.84. The zero-order valence-corrected chi connectivity index (χ0v) is 7.47. The second-order valence-corrected chi connectivity index (χ2v) is 5.38. The van der Waals surface area contributed by atoms with Gasteiger partial charge in [-0.05, 0) is 19.0 Å². The zero-order valence-electron chi connectivity index (χ0n) is 6.32. The molecular formula is C6H11F3OSi. The first-order valence-corrected chi connectivity index (χ1v) is 6.16. The molecule has 0 bridgehead atoms. The maximum Gasteiger partial charge on any atom is 0.413 e. The summed E-state index contributed by atoms with van der Waals surface area (Å²) in [5.74, 6) is 0. The van der Waals surface area contributed by atoms with E-state index in [-0.39, 0.29) is 6.42 Å². The van der Waals surface area contributed by atoms with Gasteiger partial charge in [-0.25, -0.2) is 0 Å². The molecule has 5 heteroatoms. The first-order chi connectivity index (χ1) is 5.00. The van der Waals surface area contributed by atoms with Gasteiger partial charge in [-0.15, -0.1) is 0 Å². The van der Waals surface area contributed by atoms with Gasteiger partial charge in [-0.1, -0.05) is 6.42 Å². The third-order valence-corrected chi connectivity index (χ3v) is 3.85. The second-order valence-electron chi connectivity index (χ2n) is 2.91. The number of halogens is 3. The van der Waals surface area contributed by atoms with Crippen LogP contribution in [-0.4, -0.2) is 21.3 Å². The van der Waals surface area contributed by atoms with Gasteiger partial charge in [0.15, 0.2) is 9.04 Å². The quantitative estimate of drug-likeness (QED) is 0.524. The number of rotatable bonds is 0. The molecule has 1 heterocycles. The van der Waals surface area contributed by atoms with Gasteiger partial charge < -0.3 is 4.43 Å². The second kappa shape index (κ2) is 3.14. The molecule has 0 saturated carbocycles. The molecule has 0 spiro atoms.